The van der Waals surface area contributed by atoms with Gasteiger partial charge in [0.1, 0.15) is 9.75 Å². The zero-order valence-electron chi connectivity index (χ0n) is 8.03. The third-order valence-electron chi connectivity index (χ3n) is 3.90. The second kappa shape index (κ2) is 3.58. The van der Waals surface area contributed by atoms with Gasteiger partial charge in [0.2, 0.25) is 0 Å². The number of alkyl halides is 5. The summed E-state index contributed by atoms with van der Waals surface area (Å²) in [4.78, 5) is -2.45. The van der Waals surface area contributed by atoms with E-state index in [1.165, 1.54) is 0 Å². The fraction of sp³-hybridized carbons (Fsp3) is 0.600. The predicted molar refractivity (Wildman–Crippen MR) is 76.1 cm³/mol. The van der Waals surface area contributed by atoms with Crippen molar-refractivity contribution in [2.75, 3.05) is 0 Å². The third kappa shape index (κ3) is 1.15. The quantitative estimate of drug-likeness (QED) is 0.402. The number of rotatable bonds is 0. The van der Waals surface area contributed by atoms with E-state index in [0.29, 0.717) is 0 Å². The second-order valence-electron chi connectivity index (χ2n) is 4.51. The second-order valence-corrected chi connectivity index (χ2v) is 8.29. The predicted octanol–water partition coefficient (Wildman–Crippen LogP) is 5.24. The summed E-state index contributed by atoms with van der Waals surface area (Å²) in [6.07, 6.45) is 3.69. The summed E-state index contributed by atoms with van der Waals surface area (Å²) in [7, 11) is 0. The average molecular weight is 373 g/mol. The highest BCUT2D eigenvalue weighted by molar-refractivity contribution is 6.66. The molecule has 0 aliphatic heterocycles. The number of halogens is 7. The van der Waals surface area contributed by atoms with Gasteiger partial charge < -0.3 is 0 Å². The number of fused-ring (bicyclic) bond motifs is 5. The van der Waals surface area contributed by atoms with Gasteiger partial charge in [0.25, 0.3) is 0 Å². The van der Waals surface area contributed by atoms with Crippen molar-refractivity contribution in [1.82, 2.24) is 0 Å². The van der Waals surface area contributed by atoms with E-state index in [-0.39, 0.29) is 27.3 Å². The fourth-order valence-electron chi connectivity index (χ4n) is 3.08. The number of allylic oxidation sites excluding steroid dienone is 4. The van der Waals surface area contributed by atoms with Crippen molar-refractivity contribution in [1.29, 1.82) is 0 Å². The van der Waals surface area contributed by atoms with E-state index in [1.54, 1.807) is 0 Å². The van der Waals surface area contributed by atoms with Crippen LogP contribution in [-0.2, 0) is 0 Å². The van der Waals surface area contributed by atoms with Crippen LogP contribution in [0.25, 0.3) is 0 Å². The van der Waals surface area contributed by atoms with Crippen LogP contribution in [-0.4, -0.2) is 19.5 Å². The third-order valence-corrected chi connectivity index (χ3v) is 8.61. The Kier molecular flexibility index (Phi) is 2.84. The average Bonchev–Trinajstić information content (AvgIpc) is 2.73. The molecule has 3 aliphatic carbocycles. The summed E-state index contributed by atoms with van der Waals surface area (Å²) < 4.78 is -1.48. The van der Waals surface area contributed by atoms with Gasteiger partial charge in [0.05, 0.1) is 15.4 Å². The lowest BCUT2D eigenvalue weighted by atomic mass is 9.84. The van der Waals surface area contributed by atoms with E-state index in [4.69, 9.17) is 81.2 Å². The first-order chi connectivity index (χ1) is 7.70. The Labute approximate surface area is 134 Å². The van der Waals surface area contributed by atoms with Gasteiger partial charge in [-0.1, -0.05) is 58.6 Å². The first-order valence-electron chi connectivity index (χ1n) is 4.85. The maximum Gasteiger partial charge on any atom is 0.167 e. The minimum Gasteiger partial charge on any atom is -0.118 e. The van der Waals surface area contributed by atoms with Crippen LogP contribution in [0, 0.1) is 11.8 Å². The molecule has 0 aromatic carbocycles. The molecule has 3 rings (SSSR count). The molecule has 0 spiro atoms. The van der Waals surface area contributed by atoms with Gasteiger partial charge in [-0.15, -0.1) is 34.8 Å². The molecule has 1 fully saturated rings. The van der Waals surface area contributed by atoms with Crippen molar-refractivity contribution in [2.45, 2.75) is 19.5 Å². The van der Waals surface area contributed by atoms with Gasteiger partial charge in [-0.05, 0) is 0 Å². The lowest BCUT2D eigenvalue weighted by molar-refractivity contribution is 0.420. The van der Waals surface area contributed by atoms with Crippen molar-refractivity contribution in [3.63, 3.8) is 0 Å². The van der Waals surface area contributed by atoms with Crippen molar-refractivity contribution >= 4 is 81.2 Å². The lowest BCUT2D eigenvalue weighted by Crippen LogP contribution is -2.45. The summed E-state index contributed by atoms with van der Waals surface area (Å²) in [6.45, 7) is 0. The van der Waals surface area contributed by atoms with Crippen LogP contribution in [0.3, 0.4) is 0 Å². The van der Waals surface area contributed by atoms with Gasteiger partial charge in [0, 0.05) is 11.8 Å². The molecule has 3 aliphatic rings. The van der Waals surface area contributed by atoms with Crippen molar-refractivity contribution in [2.24, 2.45) is 11.8 Å². The van der Waals surface area contributed by atoms with Crippen LogP contribution in [0.15, 0.2) is 22.2 Å². The van der Waals surface area contributed by atoms with E-state index < -0.39 is 14.1 Å². The highest BCUT2D eigenvalue weighted by Gasteiger charge is 2.83. The zero-order chi connectivity index (χ0) is 12.8. The van der Waals surface area contributed by atoms with Crippen LogP contribution in [0.1, 0.15) is 0 Å². The molecule has 0 N–H and O–H groups in total. The minimum atomic E-state index is -1.48. The molecule has 17 heavy (non-hydrogen) atoms. The molecule has 0 saturated heterocycles. The Morgan fingerprint density at radius 1 is 0.882 bits per heavy atom. The summed E-state index contributed by atoms with van der Waals surface area (Å²) in [5.74, 6) is -0.470. The first-order valence-corrected chi connectivity index (χ1v) is 7.55. The molecule has 0 heterocycles. The lowest BCUT2D eigenvalue weighted by Gasteiger charge is -2.34. The molecule has 0 unspecified atom stereocenters. The summed E-state index contributed by atoms with van der Waals surface area (Å²) in [5.41, 5.74) is 0. The van der Waals surface area contributed by atoms with Crippen molar-refractivity contribution in [3.05, 3.63) is 22.2 Å². The summed E-state index contributed by atoms with van der Waals surface area (Å²) >= 11 is 44.5. The monoisotopic (exact) mass is 370 g/mol. The SMILES string of the molecule is ClC1=C(Cl)[C@]2(Cl)[C@@H]3[C@H](Cl)C=C[C@H]3[C@@]1(Cl)C2(Cl)Cl. The van der Waals surface area contributed by atoms with E-state index in [0.717, 1.165) is 0 Å². The van der Waals surface area contributed by atoms with Gasteiger partial charge in [-0.25, -0.2) is 0 Å². The molecule has 94 valence electrons. The van der Waals surface area contributed by atoms with Gasteiger partial charge in [-0.2, -0.15) is 0 Å². The Morgan fingerprint density at radius 3 is 2.00 bits per heavy atom. The maximum atomic E-state index is 6.57. The number of hydrogen-bond acceptors (Lipinski definition) is 0. The van der Waals surface area contributed by atoms with Gasteiger partial charge >= 0.3 is 0 Å². The van der Waals surface area contributed by atoms with Crippen LogP contribution >= 0.6 is 81.2 Å². The summed E-state index contributed by atoms with van der Waals surface area (Å²) in [6, 6.07) is 0. The molecule has 0 aromatic heterocycles. The molecule has 0 aromatic rings. The molecular weight excluding hydrogens is 368 g/mol. The minimum absolute atomic E-state index is 0.205. The van der Waals surface area contributed by atoms with E-state index in [2.05, 4.69) is 0 Å². The van der Waals surface area contributed by atoms with Crippen molar-refractivity contribution in [3.8, 4) is 0 Å². The van der Waals surface area contributed by atoms with Gasteiger partial charge in [-0.3, -0.25) is 0 Å². The topological polar surface area (TPSA) is 0 Å². The maximum absolute atomic E-state index is 6.57. The smallest absolute Gasteiger partial charge is 0.118 e. The Bertz CT molecular complexity index is 467. The summed E-state index contributed by atoms with van der Waals surface area (Å²) in [5, 5.41) is 0.113. The molecule has 7 heteroatoms. The zero-order valence-corrected chi connectivity index (χ0v) is 13.3. The highest BCUT2D eigenvalue weighted by Crippen LogP contribution is 2.78. The van der Waals surface area contributed by atoms with E-state index >= 15 is 0 Å². The van der Waals surface area contributed by atoms with Gasteiger partial charge in [0.15, 0.2) is 4.33 Å². The first kappa shape index (κ1) is 13.5. The molecule has 1 saturated carbocycles. The fourth-order valence-corrected chi connectivity index (χ4v) is 6.60. The van der Waals surface area contributed by atoms with Crippen LogP contribution in [0.4, 0.5) is 0 Å². The molecule has 0 radical (unpaired) electrons. The van der Waals surface area contributed by atoms with Crippen LogP contribution in [0.2, 0.25) is 0 Å². The highest BCUT2D eigenvalue weighted by atomic mass is 35.5. The Morgan fingerprint density at radius 2 is 1.41 bits per heavy atom. The standard InChI is InChI=1S/C10H5Cl7/c11-4-2-1-3-5(4)9(15)7(13)6(12)8(3,14)10(9,16)17/h1-5H/t3-,4-,5+,8+,9-/m1/s1. The molecule has 5 atom stereocenters. The molecular formula is C10H5Cl7. The van der Waals surface area contributed by atoms with E-state index in [9.17, 15) is 0 Å². The van der Waals surface area contributed by atoms with Crippen LogP contribution in [0.5, 0.6) is 0 Å². The molecule has 0 nitrogen and oxygen atoms in total. The molecule has 0 amide bonds. The Hall–Kier alpha value is 1.51. The normalized spacial score (nSPS) is 54.6. The Balaban J connectivity index is 2.32. The van der Waals surface area contributed by atoms with Crippen molar-refractivity contribution < 1.29 is 0 Å². The molecule has 2 bridgehead atoms. The van der Waals surface area contributed by atoms with E-state index in [1.807, 2.05) is 12.2 Å². The van der Waals surface area contributed by atoms with Crippen LogP contribution < -0.4 is 0 Å². The largest absolute Gasteiger partial charge is 0.167 e. The number of hydrogen-bond donors (Lipinski definition) is 0.